The van der Waals surface area contributed by atoms with E-state index in [0.717, 1.165) is 18.6 Å². The minimum atomic E-state index is -0.526. The molecule has 0 aromatic heterocycles. The van der Waals surface area contributed by atoms with Crippen molar-refractivity contribution in [2.75, 3.05) is 32.1 Å². The van der Waals surface area contributed by atoms with Gasteiger partial charge in [-0.3, -0.25) is 14.4 Å². The number of carbonyl (C=O) groups is 4. The molecule has 32 heavy (non-hydrogen) atoms. The van der Waals surface area contributed by atoms with Gasteiger partial charge in [0.25, 0.3) is 0 Å². The van der Waals surface area contributed by atoms with E-state index < -0.39 is 11.7 Å². The zero-order valence-corrected chi connectivity index (χ0v) is 21.7. The Balaban J connectivity index is 4.35. The van der Waals surface area contributed by atoms with Gasteiger partial charge in [0.2, 0.25) is 0 Å². The molecule has 0 aromatic rings. The van der Waals surface area contributed by atoms with Gasteiger partial charge in [-0.2, -0.15) is 11.8 Å². The third-order valence-electron chi connectivity index (χ3n) is 5.08. The average molecular weight is 474 g/mol. The second kappa shape index (κ2) is 16.2. The highest BCUT2D eigenvalue weighted by atomic mass is 32.2. The van der Waals surface area contributed by atoms with Crippen LogP contribution in [0.3, 0.4) is 0 Å². The van der Waals surface area contributed by atoms with Crippen LogP contribution in [0.15, 0.2) is 0 Å². The number of amides is 1. The molecule has 0 unspecified atom stereocenters. The van der Waals surface area contributed by atoms with Gasteiger partial charge in [0.05, 0.1) is 12.1 Å². The van der Waals surface area contributed by atoms with E-state index in [9.17, 15) is 19.2 Å². The van der Waals surface area contributed by atoms with Gasteiger partial charge in [0.15, 0.2) is 0 Å². The number of hydrogen-bond acceptors (Lipinski definition) is 8. The van der Waals surface area contributed by atoms with Crippen LogP contribution < -0.4 is 16.0 Å². The van der Waals surface area contributed by atoms with Crippen LogP contribution in [-0.2, 0) is 19.1 Å². The highest BCUT2D eigenvalue weighted by Crippen LogP contribution is 2.18. The van der Waals surface area contributed by atoms with E-state index in [1.54, 1.807) is 32.8 Å². The summed E-state index contributed by atoms with van der Waals surface area (Å²) in [5.41, 5.74) is -0.526. The Labute approximate surface area is 197 Å². The van der Waals surface area contributed by atoms with Gasteiger partial charge in [-0.15, -0.1) is 0 Å². The topological polar surface area (TPSA) is 114 Å². The summed E-state index contributed by atoms with van der Waals surface area (Å²) >= 11 is 1.62. The SMILES string of the molecule is CN[C@@H](CSCC[C@H](CC(=O)[C@H](CCCCNC(=O)OC(C)(C)C)NC)C(C)=O)C(C)=O. The highest BCUT2D eigenvalue weighted by molar-refractivity contribution is 7.99. The number of alkyl carbamates (subject to hydrolysis) is 1. The molecule has 0 radical (unpaired) electrons. The highest BCUT2D eigenvalue weighted by Gasteiger charge is 2.24. The van der Waals surface area contributed by atoms with E-state index in [2.05, 4.69) is 16.0 Å². The minimum absolute atomic E-state index is 0.0205. The zero-order valence-electron chi connectivity index (χ0n) is 20.8. The predicted molar refractivity (Wildman–Crippen MR) is 130 cm³/mol. The van der Waals surface area contributed by atoms with Gasteiger partial charge in [-0.25, -0.2) is 4.79 Å². The van der Waals surface area contributed by atoms with Crippen LogP contribution in [0.2, 0.25) is 0 Å². The smallest absolute Gasteiger partial charge is 0.407 e. The molecular formula is C23H43N3O5S. The van der Waals surface area contributed by atoms with Crippen LogP contribution in [0.5, 0.6) is 0 Å². The lowest BCUT2D eigenvalue weighted by Gasteiger charge is -2.20. The first-order valence-corrected chi connectivity index (χ1v) is 12.5. The number of nitrogens with one attached hydrogen (secondary N) is 3. The fourth-order valence-corrected chi connectivity index (χ4v) is 4.36. The number of likely N-dealkylation sites (N-methyl/N-ethyl adjacent to an activating group) is 2. The van der Waals surface area contributed by atoms with E-state index in [1.807, 2.05) is 20.8 Å². The molecule has 0 aliphatic rings. The molecule has 3 atom stereocenters. The molecule has 1 amide bonds. The van der Waals surface area contributed by atoms with Crippen molar-refractivity contribution in [1.29, 1.82) is 0 Å². The number of hydrogen-bond donors (Lipinski definition) is 3. The normalized spacial score (nSPS) is 14.3. The van der Waals surface area contributed by atoms with Gasteiger partial charge < -0.3 is 20.7 Å². The summed E-state index contributed by atoms with van der Waals surface area (Å²) in [6.07, 6.45) is 2.55. The summed E-state index contributed by atoms with van der Waals surface area (Å²) < 4.78 is 5.19. The molecule has 9 heteroatoms. The second-order valence-electron chi connectivity index (χ2n) is 9.06. The Morgan fingerprint density at radius 2 is 1.53 bits per heavy atom. The van der Waals surface area contributed by atoms with E-state index >= 15 is 0 Å². The molecule has 0 aliphatic heterocycles. The molecule has 0 heterocycles. The van der Waals surface area contributed by atoms with Crippen LogP contribution in [0, 0.1) is 5.92 Å². The number of unbranched alkanes of at least 4 members (excludes halogenated alkanes) is 1. The fourth-order valence-electron chi connectivity index (χ4n) is 3.11. The number of carbonyl (C=O) groups excluding carboxylic acids is 4. The first-order chi connectivity index (χ1) is 14.9. The molecule has 186 valence electrons. The molecule has 0 saturated heterocycles. The largest absolute Gasteiger partial charge is 0.444 e. The van der Waals surface area contributed by atoms with Crippen LogP contribution >= 0.6 is 11.8 Å². The van der Waals surface area contributed by atoms with Crippen LogP contribution in [-0.4, -0.2) is 73.3 Å². The molecule has 8 nitrogen and oxygen atoms in total. The standard InChI is InChI=1S/C23H43N3O5S/c1-16(27)18(11-13-32-15-20(25-7)17(2)28)14-21(29)19(24-6)10-8-9-12-26-22(30)31-23(3,4)5/h18-20,24-25H,8-15H2,1-7H3,(H,26,30)/t18-,19+,20+/m1/s1. The van der Waals surface area contributed by atoms with Crippen molar-refractivity contribution in [2.45, 2.75) is 84.4 Å². The van der Waals surface area contributed by atoms with Crippen molar-refractivity contribution in [3.8, 4) is 0 Å². The summed E-state index contributed by atoms with van der Waals surface area (Å²) in [4.78, 5) is 47.9. The lowest BCUT2D eigenvalue weighted by molar-refractivity contribution is -0.127. The number of ketones is 3. The average Bonchev–Trinajstić information content (AvgIpc) is 2.67. The summed E-state index contributed by atoms with van der Waals surface area (Å²) in [6.45, 7) is 9.02. The first-order valence-electron chi connectivity index (χ1n) is 11.3. The van der Waals surface area contributed by atoms with Crippen molar-refractivity contribution in [3.05, 3.63) is 0 Å². The fraction of sp³-hybridized carbons (Fsp3) is 0.826. The maximum Gasteiger partial charge on any atom is 0.407 e. The van der Waals surface area contributed by atoms with Crippen LogP contribution in [0.25, 0.3) is 0 Å². The maximum atomic E-state index is 12.7. The van der Waals surface area contributed by atoms with Gasteiger partial charge >= 0.3 is 6.09 Å². The van der Waals surface area contributed by atoms with Crippen molar-refractivity contribution < 1.29 is 23.9 Å². The second-order valence-corrected chi connectivity index (χ2v) is 10.2. The monoisotopic (exact) mass is 473 g/mol. The molecule has 0 rings (SSSR count). The third-order valence-corrected chi connectivity index (χ3v) is 6.18. The number of ether oxygens (including phenoxy) is 1. The Morgan fingerprint density at radius 3 is 2.03 bits per heavy atom. The Morgan fingerprint density at radius 1 is 0.906 bits per heavy atom. The van der Waals surface area contributed by atoms with E-state index in [1.165, 1.54) is 6.92 Å². The molecule has 0 aliphatic carbocycles. The summed E-state index contributed by atoms with van der Waals surface area (Å²) in [6, 6.07) is -0.492. The lowest BCUT2D eigenvalue weighted by atomic mass is 9.91. The van der Waals surface area contributed by atoms with E-state index in [-0.39, 0.29) is 41.8 Å². The first kappa shape index (κ1) is 30.6. The Bertz CT molecular complexity index is 607. The summed E-state index contributed by atoms with van der Waals surface area (Å²) in [5, 5.41) is 8.75. The maximum absolute atomic E-state index is 12.7. The van der Waals surface area contributed by atoms with Crippen molar-refractivity contribution >= 4 is 35.2 Å². The number of thioether (sulfide) groups is 1. The Kier molecular flexibility index (Phi) is 15.5. The molecule has 3 N–H and O–H groups in total. The molecule has 0 saturated carbocycles. The summed E-state index contributed by atoms with van der Waals surface area (Å²) in [7, 11) is 3.51. The number of rotatable bonds is 17. The van der Waals surface area contributed by atoms with Crippen LogP contribution in [0.4, 0.5) is 4.79 Å². The van der Waals surface area contributed by atoms with Crippen molar-refractivity contribution in [1.82, 2.24) is 16.0 Å². The molecule has 0 spiro atoms. The minimum Gasteiger partial charge on any atom is -0.444 e. The van der Waals surface area contributed by atoms with Gasteiger partial charge in [0, 0.05) is 24.6 Å². The predicted octanol–water partition coefficient (Wildman–Crippen LogP) is 2.73. The van der Waals surface area contributed by atoms with E-state index in [4.69, 9.17) is 4.74 Å². The third kappa shape index (κ3) is 14.6. The molecular weight excluding hydrogens is 430 g/mol. The zero-order chi connectivity index (χ0) is 24.7. The van der Waals surface area contributed by atoms with Crippen molar-refractivity contribution in [2.24, 2.45) is 5.92 Å². The van der Waals surface area contributed by atoms with Gasteiger partial charge in [-0.05, 0) is 80.2 Å². The van der Waals surface area contributed by atoms with Crippen LogP contribution in [0.1, 0.15) is 66.7 Å². The Hall–Kier alpha value is -1.45. The molecule has 0 fully saturated rings. The number of Topliss-reactive ketones (excluding diaryl/α,β-unsaturated/α-hetero) is 3. The lowest BCUT2D eigenvalue weighted by Crippen LogP contribution is -2.36. The van der Waals surface area contributed by atoms with E-state index in [0.29, 0.717) is 25.1 Å². The molecule has 0 aromatic carbocycles. The van der Waals surface area contributed by atoms with Crippen molar-refractivity contribution in [3.63, 3.8) is 0 Å². The van der Waals surface area contributed by atoms with Gasteiger partial charge in [0.1, 0.15) is 23.0 Å². The van der Waals surface area contributed by atoms with Gasteiger partial charge in [-0.1, -0.05) is 0 Å². The quantitative estimate of drug-likeness (QED) is 0.276. The summed E-state index contributed by atoms with van der Waals surface area (Å²) in [5.74, 6) is 1.23. The molecule has 0 bridgehead atoms.